The molecule has 0 bridgehead atoms. The van der Waals surface area contributed by atoms with Crippen molar-refractivity contribution >= 4 is 33.2 Å². The Hall–Kier alpha value is -2.75. The van der Waals surface area contributed by atoms with Crippen LogP contribution >= 0.6 is 11.6 Å². The van der Waals surface area contributed by atoms with Crippen LogP contribution in [0.25, 0.3) is 11.4 Å². The molecule has 1 heterocycles. The number of hydrogen-bond donors (Lipinski definition) is 2. The number of anilines is 1. The Labute approximate surface area is 160 Å². The molecule has 1 amide bonds. The molecule has 10 heteroatoms. The molecule has 140 valence electrons. The van der Waals surface area contributed by atoms with Crippen molar-refractivity contribution in [1.29, 1.82) is 0 Å². The first-order chi connectivity index (χ1) is 12.8. The average molecular weight is 407 g/mol. The molecular weight excluding hydrogens is 392 g/mol. The zero-order valence-electron chi connectivity index (χ0n) is 13.9. The van der Waals surface area contributed by atoms with Gasteiger partial charge in [0.2, 0.25) is 27.6 Å². The van der Waals surface area contributed by atoms with Gasteiger partial charge < -0.3 is 9.84 Å². The number of rotatable bonds is 6. The van der Waals surface area contributed by atoms with Gasteiger partial charge in [-0.1, -0.05) is 22.8 Å². The standard InChI is InChI=1S/C17H15ClN4O4S/c18-12-6-4-11(5-7-12)17-21-16(26-22-17)9-8-15(23)20-13-2-1-3-14(10-13)27(19,24)25/h1-7,10H,8-9H2,(H,20,23)(H2,19,24,25). The molecule has 0 atom stereocenters. The number of amides is 1. The molecule has 0 saturated carbocycles. The van der Waals surface area contributed by atoms with Gasteiger partial charge in [0.25, 0.3) is 0 Å². The van der Waals surface area contributed by atoms with E-state index in [0.717, 1.165) is 5.56 Å². The Morgan fingerprint density at radius 2 is 1.93 bits per heavy atom. The van der Waals surface area contributed by atoms with Gasteiger partial charge >= 0.3 is 0 Å². The lowest BCUT2D eigenvalue weighted by molar-refractivity contribution is -0.116. The molecule has 27 heavy (non-hydrogen) atoms. The summed E-state index contributed by atoms with van der Waals surface area (Å²) in [5.74, 6) is 0.393. The monoisotopic (exact) mass is 406 g/mol. The van der Waals surface area contributed by atoms with E-state index >= 15 is 0 Å². The summed E-state index contributed by atoms with van der Waals surface area (Å²) in [5.41, 5.74) is 1.08. The number of aryl methyl sites for hydroxylation is 1. The predicted octanol–water partition coefficient (Wildman–Crippen LogP) is 2.61. The van der Waals surface area contributed by atoms with E-state index < -0.39 is 10.0 Å². The second-order valence-corrected chi connectivity index (χ2v) is 7.64. The number of nitrogens with two attached hydrogens (primary N) is 1. The first-order valence-corrected chi connectivity index (χ1v) is 9.75. The van der Waals surface area contributed by atoms with Gasteiger partial charge in [-0.25, -0.2) is 13.6 Å². The fourth-order valence-corrected chi connectivity index (χ4v) is 2.95. The largest absolute Gasteiger partial charge is 0.339 e. The van der Waals surface area contributed by atoms with Crippen molar-refractivity contribution in [3.8, 4) is 11.4 Å². The molecule has 8 nitrogen and oxygen atoms in total. The van der Waals surface area contributed by atoms with Crippen molar-refractivity contribution < 1.29 is 17.7 Å². The van der Waals surface area contributed by atoms with E-state index in [9.17, 15) is 13.2 Å². The number of nitrogens with zero attached hydrogens (tertiary/aromatic N) is 2. The summed E-state index contributed by atoms with van der Waals surface area (Å²) < 4.78 is 27.8. The number of carbonyl (C=O) groups is 1. The molecule has 0 unspecified atom stereocenters. The van der Waals surface area contributed by atoms with Crippen LogP contribution in [-0.2, 0) is 21.2 Å². The van der Waals surface area contributed by atoms with Crippen molar-refractivity contribution in [2.24, 2.45) is 5.14 Å². The minimum atomic E-state index is -3.84. The number of benzene rings is 2. The number of primary sulfonamides is 1. The maximum absolute atomic E-state index is 12.1. The molecule has 0 aliphatic rings. The summed E-state index contributed by atoms with van der Waals surface area (Å²) in [7, 11) is -3.84. The smallest absolute Gasteiger partial charge is 0.238 e. The highest BCUT2D eigenvalue weighted by atomic mass is 35.5. The summed E-state index contributed by atoms with van der Waals surface area (Å²) in [6.07, 6.45) is 0.323. The van der Waals surface area contributed by atoms with E-state index in [1.165, 1.54) is 18.2 Å². The van der Waals surface area contributed by atoms with Crippen LogP contribution in [0.5, 0.6) is 0 Å². The van der Waals surface area contributed by atoms with E-state index in [1.54, 1.807) is 30.3 Å². The quantitative estimate of drug-likeness (QED) is 0.647. The molecule has 0 aliphatic carbocycles. The van der Waals surface area contributed by atoms with Crippen LogP contribution in [0.2, 0.25) is 5.02 Å². The van der Waals surface area contributed by atoms with Crippen LogP contribution in [0.4, 0.5) is 5.69 Å². The van der Waals surface area contributed by atoms with E-state index in [1.807, 2.05) is 0 Å². The number of nitrogens with one attached hydrogen (secondary N) is 1. The lowest BCUT2D eigenvalue weighted by Crippen LogP contribution is -2.15. The van der Waals surface area contributed by atoms with Gasteiger partial charge in [-0.3, -0.25) is 4.79 Å². The SMILES string of the molecule is NS(=O)(=O)c1cccc(NC(=O)CCc2nc(-c3ccc(Cl)cc3)no2)c1. The first-order valence-electron chi connectivity index (χ1n) is 7.82. The zero-order chi connectivity index (χ0) is 19.4. The van der Waals surface area contributed by atoms with Crippen LogP contribution < -0.4 is 10.5 Å². The molecule has 0 aliphatic heterocycles. The first kappa shape index (κ1) is 19.0. The fourth-order valence-electron chi connectivity index (χ4n) is 2.27. The Bertz CT molecular complexity index is 1060. The van der Waals surface area contributed by atoms with Gasteiger partial charge in [0, 0.05) is 29.1 Å². The topological polar surface area (TPSA) is 128 Å². The summed E-state index contributed by atoms with van der Waals surface area (Å²) >= 11 is 5.84. The molecule has 0 radical (unpaired) electrons. The normalized spacial score (nSPS) is 11.3. The van der Waals surface area contributed by atoms with E-state index in [0.29, 0.717) is 22.4 Å². The Kier molecular flexibility index (Phi) is 5.54. The maximum Gasteiger partial charge on any atom is 0.238 e. The van der Waals surface area contributed by atoms with Gasteiger partial charge in [-0.2, -0.15) is 4.98 Å². The Balaban J connectivity index is 1.59. The van der Waals surface area contributed by atoms with Crippen LogP contribution in [0.3, 0.4) is 0 Å². The van der Waals surface area contributed by atoms with Crippen LogP contribution in [0.15, 0.2) is 57.9 Å². The van der Waals surface area contributed by atoms with Gasteiger partial charge in [0.15, 0.2) is 0 Å². The molecule has 3 rings (SSSR count). The van der Waals surface area contributed by atoms with Crippen LogP contribution in [0.1, 0.15) is 12.3 Å². The second kappa shape index (κ2) is 7.87. The minimum absolute atomic E-state index is 0.0789. The summed E-state index contributed by atoms with van der Waals surface area (Å²) in [4.78, 5) is 16.2. The summed E-state index contributed by atoms with van der Waals surface area (Å²) in [6.45, 7) is 0. The highest BCUT2D eigenvalue weighted by molar-refractivity contribution is 7.89. The Morgan fingerprint density at radius 1 is 1.19 bits per heavy atom. The Morgan fingerprint density at radius 3 is 2.63 bits per heavy atom. The lowest BCUT2D eigenvalue weighted by atomic mass is 10.2. The molecule has 3 N–H and O–H groups in total. The van der Waals surface area contributed by atoms with Gasteiger partial charge in [-0.05, 0) is 42.5 Å². The van der Waals surface area contributed by atoms with Crippen molar-refractivity contribution in [3.05, 3.63) is 59.4 Å². The highest BCUT2D eigenvalue weighted by Crippen LogP contribution is 2.19. The van der Waals surface area contributed by atoms with E-state index in [2.05, 4.69) is 15.5 Å². The van der Waals surface area contributed by atoms with E-state index in [-0.39, 0.29) is 23.6 Å². The number of hydrogen-bond acceptors (Lipinski definition) is 6. The number of carbonyl (C=O) groups excluding carboxylic acids is 1. The molecule has 3 aromatic rings. The molecule has 0 fully saturated rings. The minimum Gasteiger partial charge on any atom is -0.339 e. The van der Waals surface area contributed by atoms with Crippen molar-refractivity contribution in [2.75, 3.05) is 5.32 Å². The van der Waals surface area contributed by atoms with Crippen molar-refractivity contribution in [2.45, 2.75) is 17.7 Å². The summed E-state index contributed by atoms with van der Waals surface area (Å²) in [6, 6.07) is 12.7. The van der Waals surface area contributed by atoms with Crippen molar-refractivity contribution in [1.82, 2.24) is 10.1 Å². The molecular formula is C17H15ClN4O4S. The third kappa shape index (κ3) is 5.13. The number of sulfonamides is 1. The third-order valence-electron chi connectivity index (χ3n) is 3.58. The number of halogens is 1. The fraction of sp³-hybridized carbons (Fsp3) is 0.118. The lowest BCUT2D eigenvalue weighted by Gasteiger charge is -2.05. The highest BCUT2D eigenvalue weighted by Gasteiger charge is 2.12. The molecule has 0 saturated heterocycles. The molecule has 0 spiro atoms. The predicted molar refractivity (Wildman–Crippen MR) is 99.5 cm³/mol. The zero-order valence-corrected chi connectivity index (χ0v) is 15.5. The summed E-state index contributed by atoms with van der Waals surface area (Å²) in [5, 5.41) is 12.2. The van der Waals surface area contributed by atoms with Gasteiger partial charge in [0.05, 0.1) is 4.90 Å². The van der Waals surface area contributed by atoms with E-state index in [4.69, 9.17) is 21.3 Å². The van der Waals surface area contributed by atoms with Crippen molar-refractivity contribution in [3.63, 3.8) is 0 Å². The maximum atomic E-state index is 12.1. The van der Waals surface area contributed by atoms with Gasteiger partial charge in [-0.15, -0.1) is 0 Å². The average Bonchev–Trinajstić information content (AvgIpc) is 3.09. The van der Waals surface area contributed by atoms with Crippen LogP contribution in [-0.4, -0.2) is 24.5 Å². The third-order valence-corrected chi connectivity index (χ3v) is 4.75. The number of aromatic nitrogens is 2. The van der Waals surface area contributed by atoms with Gasteiger partial charge in [0.1, 0.15) is 0 Å². The molecule has 2 aromatic carbocycles. The van der Waals surface area contributed by atoms with Crippen LogP contribution in [0, 0.1) is 0 Å². The second-order valence-electron chi connectivity index (χ2n) is 5.64. The molecule has 1 aromatic heterocycles.